The minimum Gasteiger partial charge on any atom is -0.378 e. The Morgan fingerprint density at radius 2 is 1.74 bits per heavy atom. The van der Waals surface area contributed by atoms with Crippen LogP contribution >= 0.6 is 0 Å². The summed E-state index contributed by atoms with van der Waals surface area (Å²) in [4.78, 5) is 4.80. The third-order valence-electron chi connectivity index (χ3n) is 5.29. The van der Waals surface area contributed by atoms with Gasteiger partial charge in [0.05, 0.1) is 13.2 Å². The van der Waals surface area contributed by atoms with Crippen LogP contribution in [-0.2, 0) is 24.4 Å². The maximum Gasteiger partial charge on any atom is 0.0642 e. The van der Waals surface area contributed by atoms with Gasteiger partial charge in [-0.25, -0.2) is 0 Å². The maximum atomic E-state index is 5.49. The van der Waals surface area contributed by atoms with Crippen LogP contribution in [0.5, 0.6) is 0 Å². The van der Waals surface area contributed by atoms with Crippen LogP contribution in [0.3, 0.4) is 0 Å². The number of para-hydroxylation sites is 1. The molecule has 27 heavy (non-hydrogen) atoms. The van der Waals surface area contributed by atoms with Crippen molar-refractivity contribution < 1.29 is 4.74 Å². The molecule has 4 heteroatoms. The van der Waals surface area contributed by atoms with Crippen LogP contribution in [0, 0.1) is 0 Å². The average Bonchev–Trinajstić information content (AvgIpc) is 2.69. The first-order valence-electron chi connectivity index (χ1n) is 10.0. The summed E-state index contributed by atoms with van der Waals surface area (Å²) in [5.41, 5.74) is 5.41. The van der Waals surface area contributed by atoms with E-state index in [1.165, 1.54) is 22.4 Å². The van der Waals surface area contributed by atoms with Crippen molar-refractivity contribution in [1.29, 1.82) is 0 Å². The van der Waals surface area contributed by atoms with Crippen LogP contribution in [-0.4, -0.2) is 44.3 Å². The molecular weight excluding hydrogens is 334 g/mol. The van der Waals surface area contributed by atoms with Crippen molar-refractivity contribution in [3.63, 3.8) is 0 Å². The SMILES string of the molecule is CC(C)N(C)Cc1cccc(CNCc2ccccc2N2CCOCC2)c1. The Labute approximate surface area is 164 Å². The first kappa shape index (κ1) is 19.9. The van der Waals surface area contributed by atoms with Crippen molar-refractivity contribution in [2.24, 2.45) is 0 Å². The summed E-state index contributed by atoms with van der Waals surface area (Å²) in [6.07, 6.45) is 0. The molecule has 1 aliphatic rings. The van der Waals surface area contributed by atoms with Crippen LogP contribution in [0.2, 0.25) is 0 Å². The van der Waals surface area contributed by atoms with Crippen LogP contribution in [0.15, 0.2) is 48.5 Å². The van der Waals surface area contributed by atoms with E-state index >= 15 is 0 Å². The molecule has 0 amide bonds. The molecule has 0 spiro atoms. The number of anilines is 1. The van der Waals surface area contributed by atoms with Gasteiger partial charge in [0, 0.05) is 44.5 Å². The van der Waals surface area contributed by atoms with Crippen molar-refractivity contribution >= 4 is 5.69 Å². The highest BCUT2D eigenvalue weighted by molar-refractivity contribution is 5.53. The monoisotopic (exact) mass is 367 g/mol. The molecule has 0 saturated carbocycles. The molecule has 146 valence electrons. The van der Waals surface area contributed by atoms with E-state index in [1.807, 2.05) is 0 Å². The maximum absolute atomic E-state index is 5.49. The van der Waals surface area contributed by atoms with E-state index in [4.69, 9.17) is 4.74 Å². The van der Waals surface area contributed by atoms with Gasteiger partial charge in [-0.05, 0) is 43.7 Å². The van der Waals surface area contributed by atoms with Gasteiger partial charge in [0.15, 0.2) is 0 Å². The summed E-state index contributed by atoms with van der Waals surface area (Å²) in [5, 5.41) is 3.63. The molecule has 2 aromatic carbocycles. The topological polar surface area (TPSA) is 27.7 Å². The number of ether oxygens (including phenoxy) is 1. The molecule has 1 aliphatic heterocycles. The zero-order valence-corrected chi connectivity index (χ0v) is 16.9. The van der Waals surface area contributed by atoms with E-state index in [2.05, 4.69) is 84.5 Å². The number of nitrogens with one attached hydrogen (secondary N) is 1. The number of hydrogen-bond acceptors (Lipinski definition) is 4. The second kappa shape index (κ2) is 9.88. The molecule has 0 bridgehead atoms. The number of hydrogen-bond donors (Lipinski definition) is 1. The first-order chi connectivity index (χ1) is 13.1. The van der Waals surface area contributed by atoms with E-state index in [9.17, 15) is 0 Å². The predicted molar refractivity (Wildman–Crippen MR) is 113 cm³/mol. The fourth-order valence-electron chi connectivity index (χ4n) is 3.42. The molecule has 1 N–H and O–H groups in total. The van der Waals surface area contributed by atoms with Gasteiger partial charge in [0.1, 0.15) is 0 Å². The lowest BCUT2D eigenvalue weighted by molar-refractivity contribution is 0.122. The minimum atomic E-state index is 0.559. The van der Waals surface area contributed by atoms with Gasteiger partial charge in [0.2, 0.25) is 0 Å². The lowest BCUT2D eigenvalue weighted by Crippen LogP contribution is -2.37. The Morgan fingerprint density at radius 1 is 1.00 bits per heavy atom. The molecule has 1 heterocycles. The van der Waals surface area contributed by atoms with E-state index in [1.54, 1.807) is 0 Å². The van der Waals surface area contributed by atoms with Gasteiger partial charge >= 0.3 is 0 Å². The van der Waals surface area contributed by atoms with E-state index < -0.39 is 0 Å². The third kappa shape index (κ3) is 5.80. The van der Waals surface area contributed by atoms with Gasteiger partial charge in [0.25, 0.3) is 0 Å². The highest BCUT2D eigenvalue weighted by Crippen LogP contribution is 2.21. The quantitative estimate of drug-likeness (QED) is 0.771. The Balaban J connectivity index is 1.57. The summed E-state index contributed by atoms with van der Waals surface area (Å²) in [7, 11) is 2.18. The van der Waals surface area contributed by atoms with Crippen molar-refractivity contribution in [2.45, 2.75) is 39.5 Å². The highest BCUT2D eigenvalue weighted by Gasteiger charge is 2.14. The number of morpholine rings is 1. The van der Waals surface area contributed by atoms with Gasteiger partial charge in [-0.15, -0.1) is 0 Å². The normalized spacial score (nSPS) is 14.9. The van der Waals surface area contributed by atoms with Crippen LogP contribution in [0.25, 0.3) is 0 Å². The Morgan fingerprint density at radius 3 is 2.52 bits per heavy atom. The molecule has 0 aliphatic carbocycles. The van der Waals surface area contributed by atoms with Crippen molar-refractivity contribution in [3.05, 3.63) is 65.2 Å². The number of benzene rings is 2. The molecule has 4 nitrogen and oxygen atoms in total. The van der Waals surface area contributed by atoms with Crippen LogP contribution in [0.1, 0.15) is 30.5 Å². The Bertz CT molecular complexity index is 710. The molecule has 1 fully saturated rings. The fourth-order valence-corrected chi connectivity index (χ4v) is 3.42. The second-order valence-corrected chi connectivity index (χ2v) is 7.66. The smallest absolute Gasteiger partial charge is 0.0642 e. The lowest BCUT2D eigenvalue weighted by Gasteiger charge is -2.30. The molecule has 0 atom stereocenters. The fraction of sp³-hybridized carbons (Fsp3) is 0.478. The van der Waals surface area contributed by atoms with E-state index in [-0.39, 0.29) is 0 Å². The van der Waals surface area contributed by atoms with Gasteiger partial charge in [-0.3, -0.25) is 4.90 Å². The zero-order chi connectivity index (χ0) is 19.1. The molecular formula is C23H33N3O. The molecule has 3 rings (SSSR count). The Kier molecular flexibility index (Phi) is 7.27. The lowest BCUT2D eigenvalue weighted by atomic mass is 10.1. The third-order valence-corrected chi connectivity index (χ3v) is 5.29. The average molecular weight is 368 g/mol. The minimum absolute atomic E-state index is 0.559. The zero-order valence-electron chi connectivity index (χ0n) is 16.9. The van der Waals surface area contributed by atoms with Gasteiger partial charge < -0.3 is 15.0 Å². The van der Waals surface area contributed by atoms with Crippen molar-refractivity contribution in [1.82, 2.24) is 10.2 Å². The van der Waals surface area contributed by atoms with Crippen molar-refractivity contribution in [3.8, 4) is 0 Å². The molecule has 1 saturated heterocycles. The highest BCUT2D eigenvalue weighted by atomic mass is 16.5. The standard InChI is InChI=1S/C23H33N3O/c1-19(2)25(3)18-21-8-6-7-20(15-21)16-24-17-22-9-4-5-10-23(22)26-11-13-27-14-12-26/h4-10,15,19,24H,11-14,16-18H2,1-3H3. The number of rotatable bonds is 8. The largest absolute Gasteiger partial charge is 0.378 e. The number of nitrogens with zero attached hydrogens (tertiary/aromatic N) is 2. The molecule has 2 aromatic rings. The molecule has 0 unspecified atom stereocenters. The van der Waals surface area contributed by atoms with Crippen molar-refractivity contribution in [2.75, 3.05) is 38.3 Å². The van der Waals surface area contributed by atoms with Crippen LogP contribution in [0.4, 0.5) is 5.69 Å². The molecule has 0 aromatic heterocycles. The predicted octanol–water partition coefficient (Wildman–Crippen LogP) is 3.65. The Hall–Kier alpha value is -1.88. The molecule has 0 radical (unpaired) electrons. The summed E-state index contributed by atoms with van der Waals surface area (Å²) in [6, 6.07) is 18.2. The second-order valence-electron chi connectivity index (χ2n) is 7.66. The summed E-state index contributed by atoms with van der Waals surface area (Å²) < 4.78 is 5.49. The summed E-state index contributed by atoms with van der Waals surface area (Å²) in [6.45, 7) is 10.8. The van der Waals surface area contributed by atoms with E-state index in [0.29, 0.717) is 6.04 Å². The van der Waals surface area contributed by atoms with Gasteiger partial charge in [-0.2, -0.15) is 0 Å². The first-order valence-corrected chi connectivity index (χ1v) is 10.0. The van der Waals surface area contributed by atoms with E-state index in [0.717, 1.165) is 45.9 Å². The van der Waals surface area contributed by atoms with Crippen LogP contribution < -0.4 is 10.2 Å². The van der Waals surface area contributed by atoms with Gasteiger partial charge in [-0.1, -0.05) is 42.5 Å². The summed E-state index contributed by atoms with van der Waals surface area (Å²) >= 11 is 0. The summed E-state index contributed by atoms with van der Waals surface area (Å²) in [5.74, 6) is 0.